The molecule has 11 heteroatoms. The van der Waals surface area contributed by atoms with Crippen LogP contribution in [0.5, 0.6) is 17.2 Å². The Morgan fingerprint density at radius 1 is 1.25 bits per heavy atom. The Kier molecular flexibility index (Phi) is 4.48. The molecule has 1 aromatic carbocycles. The second-order valence-corrected chi connectivity index (χ2v) is 11.9. The van der Waals surface area contributed by atoms with E-state index in [1.807, 2.05) is 0 Å². The molecule has 0 fully saturated rings. The summed E-state index contributed by atoms with van der Waals surface area (Å²) in [5.41, 5.74) is -5.59. The SMILES string of the molecule is COc1cc2c(c(OS(=O)(=O)C(F)(F)F)c1)[PH](O)(C(C)(C)C)CO2. The molecular weight excluding hydrogens is 372 g/mol. The first-order valence-electron chi connectivity index (χ1n) is 6.81. The maximum absolute atomic E-state index is 12.7. The summed E-state index contributed by atoms with van der Waals surface area (Å²) in [5.74, 6) is -0.512. The van der Waals surface area contributed by atoms with E-state index in [1.54, 1.807) is 20.8 Å². The van der Waals surface area contributed by atoms with Gasteiger partial charge in [0.05, 0.1) is 0 Å². The first kappa shape index (κ1) is 19.1. The van der Waals surface area contributed by atoms with E-state index in [0.29, 0.717) is 0 Å². The van der Waals surface area contributed by atoms with Gasteiger partial charge < -0.3 is 0 Å². The van der Waals surface area contributed by atoms with Gasteiger partial charge in [-0.25, -0.2) is 0 Å². The number of benzene rings is 1. The predicted molar refractivity (Wildman–Crippen MR) is 84.0 cm³/mol. The molecule has 1 aliphatic heterocycles. The van der Waals surface area contributed by atoms with Crippen molar-refractivity contribution >= 4 is 22.9 Å². The zero-order valence-corrected chi connectivity index (χ0v) is 15.2. The fourth-order valence-corrected chi connectivity index (χ4v) is 5.59. The van der Waals surface area contributed by atoms with Crippen LogP contribution >= 0.6 is 7.49 Å². The number of hydrogen-bond acceptors (Lipinski definition) is 6. The van der Waals surface area contributed by atoms with Gasteiger partial charge in [0.25, 0.3) is 0 Å². The summed E-state index contributed by atoms with van der Waals surface area (Å²) < 4.78 is 75.4. The van der Waals surface area contributed by atoms with E-state index in [4.69, 9.17) is 9.47 Å². The number of methoxy groups -OCH3 is 1. The summed E-state index contributed by atoms with van der Waals surface area (Å²) in [5, 5.41) is -0.754. The molecule has 24 heavy (non-hydrogen) atoms. The van der Waals surface area contributed by atoms with Gasteiger partial charge in [0.15, 0.2) is 0 Å². The van der Waals surface area contributed by atoms with Crippen molar-refractivity contribution in [2.45, 2.75) is 31.4 Å². The molecule has 0 spiro atoms. The van der Waals surface area contributed by atoms with Crippen molar-refractivity contribution < 1.29 is 40.1 Å². The molecule has 1 heterocycles. The Bertz CT molecular complexity index is 756. The molecule has 0 bridgehead atoms. The van der Waals surface area contributed by atoms with Gasteiger partial charge in [0.1, 0.15) is 0 Å². The molecule has 2 rings (SSSR count). The van der Waals surface area contributed by atoms with Crippen LogP contribution in [0.1, 0.15) is 20.8 Å². The van der Waals surface area contributed by atoms with Crippen LogP contribution in [0.2, 0.25) is 0 Å². The Morgan fingerprint density at radius 3 is 2.29 bits per heavy atom. The number of alkyl halides is 3. The summed E-state index contributed by atoms with van der Waals surface area (Å²) in [6, 6.07) is 2.37. The summed E-state index contributed by atoms with van der Waals surface area (Å²) in [4.78, 5) is 11.0. The van der Waals surface area contributed by atoms with Crippen molar-refractivity contribution in [2.75, 3.05) is 13.5 Å². The zero-order chi connectivity index (χ0) is 18.6. The van der Waals surface area contributed by atoms with Crippen LogP contribution in [0.3, 0.4) is 0 Å². The van der Waals surface area contributed by atoms with Crippen molar-refractivity contribution in [3.05, 3.63) is 12.1 Å². The second kappa shape index (κ2) is 5.64. The van der Waals surface area contributed by atoms with Crippen molar-refractivity contribution in [1.82, 2.24) is 0 Å². The van der Waals surface area contributed by atoms with Gasteiger partial charge in [0, 0.05) is 0 Å². The van der Waals surface area contributed by atoms with Crippen LogP contribution in [-0.4, -0.2) is 37.4 Å². The fraction of sp³-hybridized carbons (Fsp3) is 0.538. The van der Waals surface area contributed by atoms with E-state index in [-0.39, 0.29) is 23.2 Å². The number of halogens is 3. The molecule has 0 saturated heterocycles. The van der Waals surface area contributed by atoms with Gasteiger partial charge in [-0.1, -0.05) is 0 Å². The van der Waals surface area contributed by atoms with Crippen molar-refractivity contribution in [3.8, 4) is 17.2 Å². The second-order valence-electron chi connectivity index (χ2n) is 6.38. The molecule has 0 saturated carbocycles. The number of hydrogen-bond donors (Lipinski definition) is 1. The predicted octanol–water partition coefficient (Wildman–Crippen LogP) is 2.35. The third-order valence-electron chi connectivity index (χ3n) is 3.85. The molecule has 0 unspecified atom stereocenters. The average Bonchev–Trinajstić information content (AvgIpc) is 2.75. The normalized spacial score (nSPS) is 18.5. The van der Waals surface area contributed by atoms with E-state index in [0.717, 1.165) is 6.07 Å². The van der Waals surface area contributed by atoms with Crippen LogP contribution < -0.4 is 19.0 Å². The summed E-state index contributed by atoms with van der Waals surface area (Å²) in [6.45, 7) is 5.10. The Balaban J connectivity index is 2.67. The minimum absolute atomic E-state index is 0.0244. The maximum atomic E-state index is 12.7. The van der Waals surface area contributed by atoms with E-state index in [9.17, 15) is 26.5 Å². The van der Waals surface area contributed by atoms with E-state index in [1.165, 1.54) is 13.2 Å². The first-order valence-corrected chi connectivity index (χ1v) is 10.4. The first-order chi connectivity index (χ1) is 10.7. The molecule has 0 atom stereocenters. The van der Waals surface area contributed by atoms with E-state index in [2.05, 4.69) is 4.18 Å². The molecule has 0 aliphatic carbocycles. The van der Waals surface area contributed by atoms with Crippen LogP contribution in [0, 0.1) is 0 Å². The quantitative estimate of drug-likeness (QED) is 0.485. The standard InChI is InChI=1S/C13H18F3O6PS/c1-12(2,3)23(17)7-21-9-5-8(20-4)6-10(11(9)23)22-24(18,19)13(14,15)16/h5-6,17,23H,7H2,1-4H3. The van der Waals surface area contributed by atoms with Crippen LogP contribution in [0.15, 0.2) is 12.1 Å². The van der Waals surface area contributed by atoms with Crippen LogP contribution in [0.4, 0.5) is 13.2 Å². The Hall–Kier alpha value is -1.25. The molecule has 1 N–H and O–H groups in total. The number of rotatable bonds is 3. The molecule has 0 aromatic heterocycles. The monoisotopic (exact) mass is 390 g/mol. The topological polar surface area (TPSA) is 82.1 Å². The van der Waals surface area contributed by atoms with Crippen LogP contribution in [-0.2, 0) is 10.1 Å². The van der Waals surface area contributed by atoms with Crippen molar-refractivity contribution in [1.29, 1.82) is 0 Å². The molecule has 138 valence electrons. The van der Waals surface area contributed by atoms with Crippen LogP contribution in [0.25, 0.3) is 0 Å². The fourth-order valence-electron chi connectivity index (χ4n) is 2.28. The van der Waals surface area contributed by atoms with Gasteiger partial charge >= 0.3 is 137 Å². The molecule has 1 aromatic rings. The van der Waals surface area contributed by atoms with Crippen molar-refractivity contribution in [2.24, 2.45) is 0 Å². The number of fused-ring (bicyclic) bond motifs is 1. The van der Waals surface area contributed by atoms with Crippen molar-refractivity contribution in [3.63, 3.8) is 0 Å². The van der Waals surface area contributed by atoms with Gasteiger partial charge in [-0.3, -0.25) is 0 Å². The van der Waals surface area contributed by atoms with Gasteiger partial charge in [-0.05, 0) is 0 Å². The molecule has 0 amide bonds. The van der Waals surface area contributed by atoms with E-state index < -0.39 is 34.0 Å². The summed E-state index contributed by atoms with van der Waals surface area (Å²) in [7, 11) is -8.12. The van der Waals surface area contributed by atoms with Gasteiger partial charge in [-0.2, -0.15) is 0 Å². The third-order valence-corrected chi connectivity index (χ3v) is 9.18. The zero-order valence-electron chi connectivity index (χ0n) is 13.4. The Labute approximate surface area is 138 Å². The summed E-state index contributed by atoms with van der Waals surface area (Å²) >= 11 is 0. The average molecular weight is 390 g/mol. The minimum atomic E-state index is -5.89. The Morgan fingerprint density at radius 2 is 1.83 bits per heavy atom. The van der Waals surface area contributed by atoms with Gasteiger partial charge in [-0.15, -0.1) is 0 Å². The number of ether oxygens (including phenoxy) is 2. The molecular formula is C13H18F3O6PS. The third kappa shape index (κ3) is 3.02. The molecule has 1 aliphatic rings. The molecule has 0 radical (unpaired) electrons. The van der Waals surface area contributed by atoms with Gasteiger partial charge in [0.2, 0.25) is 0 Å². The van der Waals surface area contributed by atoms with E-state index >= 15 is 0 Å². The molecule has 6 nitrogen and oxygen atoms in total. The summed E-state index contributed by atoms with van der Waals surface area (Å²) in [6.07, 6.45) is -0.124.